The van der Waals surface area contributed by atoms with Crippen LogP contribution in [0.3, 0.4) is 0 Å². The molecule has 0 aliphatic heterocycles. The standard InChI is InChI=1S/C24H21FN4O3S2/c1-3-29-21(16-7-5-4-6-8-16)27-28-24(29)34-14-19(30)26-22-20(23(31)32-2)18(13-33-22)15-9-11-17(25)12-10-15/h4-13H,3,14H2,1-2H3,(H,26,30). The summed E-state index contributed by atoms with van der Waals surface area (Å²) in [5.41, 5.74) is 2.40. The topological polar surface area (TPSA) is 86.1 Å². The van der Waals surface area contributed by atoms with Gasteiger partial charge in [-0.05, 0) is 24.6 Å². The maximum Gasteiger partial charge on any atom is 0.341 e. The third kappa shape index (κ3) is 5.02. The molecule has 0 aliphatic carbocycles. The van der Waals surface area contributed by atoms with Crippen LogP contribution in [-0.2, 0) is 16.1 Å². The molecule has 2 aromatic carbocycles. The van der Waals surface area contributed by atoms with Crippen molar-refractivity contribution in [2.24, 2.45) is 0 Å². The largest absolute Gasteiger partial charge is 0.465 e. The molecule has 4 aromatic rings. The van der Waals surface area contributed by atoms with E-state index in [-0.39, 0.29) is 23.0 Å². The molecule has 0 atom stereocenters. The Morgan fingerprint density at radius 2 is 1.82 bits per heavy atom. The Kier molecular flexibility index (Phi) is 7.39. The van der Waals surface area contributed by atoms with Gasteiger partial charge in [0, 0.05) is 23.1 Å². The van der Waals surface area contributed by atoms with Crippen molar-refractivity contribution in [3.8, 4) is 22.5 Å². The first-order chi connectivity index (χ1) is 16.5. The number of thioether (sulfide) groups is 1. The van der Waals surface area contributed by atoms with E-state index < -0.39 is 5.97 Å². The fourth-order valence-electron chi connectivity index (χ4n) is 3.37. The van der Waals surface area contributed by atoms with Crippen LogP contribution in [0.25, 0.3) is 22.5 Å². The highest BCUT2D eigenvalue weighted by atomic mass is 32.2. The molecule has 0 saturated heterocycles. The number of anilines is 1. The lowest BCUT2D eigenvalue weighted by Crippen LogP contribution is -2.16. The normalized spacial score (nSPS) is 10.8. The van der Waals surface area contributed by atoms with E-state index in [0.29, 0.717) is 27.8 Å². The molecule has 7 nitrogen and oxygen atoms in total. The Hall–Kier alpha value is -3.50. The Balaban J connectivity index is 1.50. The number of halogens is 1. The summed E-state index contributed by atoms with van der Waals surface area (Å²) in [6, 6.07) is 15.5. The molecule has 10 heteroatoms. The van der Waals surface area contributed by atoms with E-state index in [1.165, 1.54) is 42.3 Å². The van der Waals surface area contributed by atoms with Gasteiger partial charge in [0.1, 0.15) is 16.4 Å². The molecular weight excluding hydrogens is 475 g/mol. The number of carbonyl (C=O) groups is 2. The lowest BCUT2D eigenvalue weighted by atomic mass is 10.0. The van der Waals surface area contributed by atoms with E-state index in [2.05, 4.69) is 15.5 Å². The summed E-state index contributed by atoms with van der Waals surface area (Å²) < 4.78 is 20.2. The molecule has 34 heavy (non-hydrogen) atoms. The van der Waals surface area contributed by atoms with Gasteiger partial charge in [-0.3, -0.25) is 4.79 Å². The highest BCUT2D eigenvalue weighted by Gasteiger charge is 2.23. The van der Waals surface area contributed by atoms with Gasteiger partial charge >= 0.3 is 5.97 Å². The molecule has 2 heterocycles. The number of thiophene rings is 1. The maximum absolute atomic E-state index is 13.3. The monoisotopic (exact) mass is 496 g/mol. The minimum Gasteiger partial charge on any atom is -0.465 e. The number of amides is 1. The molecule has 1 N–H and O–H groups in total. The van der Waals surface area contributed by atoms with Crippen LogP contribution in [0, 0.1) is 5.82 Å². The minimum absolute atomic E-state index is 0.0807. The van der Waals surface area contributed by atoms with E-state index in [1.807, 2.05) is 41.8 Å². The molecule has 0 unspecified atom stereocenters. The minimum atomic E-state index is -0.582. The average molecular weight is 497 g/mol. The lowest BCUT2D eigenvalue weighted by Gasteiger charge is -2.09. The second kappa shape index (κ2) is 10.6. The molecular formula is C24H21FN4O3S2. The molecule has 1 amide bonds. The van der Waals surface area contributed by atoms with E-state index in [0.717, 1.165) is 11.4 Å². The SMILES string of the molecule is CCn1c(SCC(=O)Nc2scc(-c3ccc(F)cc3)c2C(=O)OC)nnc1-c1ccccc1. The van der Waals surface area contributed by atoms with Gasteiger partial charge in [-0.2, -0.15) is 0 Å². The van der Waals surface area contributed by atoms with Crippen LogP contribution in [-0.4, -0.2) is 39.5 Å². The summed E-state index contributed by atoms with van der Waals surface area (Å²) in [6.07, 6.45) is 0. The number of benzene rings is 2. The number of ether oxygens (including phenoxy) is 1. The van der Waals surface area contributed by atoms with Gasteiger partial charge in [0.2, 0.25) is 5.91 Å². The van der Waals surface area contributed by atoms with Crippen molar-refractivity contribution in [3.63, 3.8) is 0 Å². The van der Waals surface area contributed by atoms with E-state index in [1.54, 1.807) is 17.5 Å². The number of rotatable bonds is 8. The highest BCUT2D eigenvalue weighted by molar-refractivity contribution is 7.99. The van der Waals surface area contributed by atoms with Gasteiger partial charge in [-0.15, -0.1) is 21.5 Å². The smallest absolute Gasteiger partial charge is 0.341 e. The summed E-state index contributed by atoms with van der Waals surface area (Å²) >= 11 is 2.47. The van der Waals surface area contributed by atoms with Crippen LogP contribution >= 0.6 is 23.1 Å². The van der Waals surface area contributed by atoms with Crippen molar-refractivity contribution in [1.82, 2.24) is 14.8 Å². The Bertz CT molecular complexity index is 1300. The first-order valence-electron chi connectivity index (χ1n) is 10.4. The zero-order chi connectivity index (χ0) is 24.1. The predicted octanol–water partition coefficient (Wildman–Crippen LogP) is 5.35. The Labute approximate surface area is 204 Å². The summed E-state index contributed by atoms with van der Waals surface area (Å²) in [5, 5.41) is 14.1. The number of hydrogen-bond acceptors (Lipinski definition) is 7. The third-order valence-electron chi connectivity index (χ3n) is 4.99. The van der Waals surface area contributed by atoms with Crippen LogP contribution in [0.1, 0.15) is 17.3 Å². The van der Waals surface area contributed by atoms with Crippen molar-refractivity contribution >= 4 is 40.0 Å². The van der Waals surface area contributed by atoms with Crippen molar-refractivity contribution < 1.29 is 18.7 Å². The highest BCUT2D eigenvalue weighted by Crippen LogP contribution is 2.36. The van der Waals surface area contributed by atoms with Crippen molar-refractivity contribution in [2.75, 3.05) is 18.2 Å². The summed E-state index contributed by atoms with van der Waals surface area (Å²) in [6.45, 7) is 2.64. The van der Waals surface area contributed by atoms with Crippen LogP contribution in [0.15, 0.2) is 65.1 Å². The van der Waals surface area contributed by atoms with Gasteiger partial charge in [0.05, 0.1) is 12.9 Å². The molecule has 0 saturated carbocycles. The molecule has 174 valence electrons. The molecule has 0 radical (unpaired) electrons. The van der Waals surface area contributed by atoms with Gasteiger partial charge in [-0.1, -0.05) is 54.2 Å². The van der Waals surface area contributed by atoms with Gasteiger partial charge in [0.15, 0.2) is 11.0 Å². The lowest BCUT2D eigenvalue weighted by molar-refractivity contribution is -0.113. The number of nitrogens with zero attached hydrogens (tertiary/aromatic N) is 3. The number of nitrogens with one attached hydrogen (secondary N) is 1. The summed E-state index contributed by atoms with van der Waals surface area (Å²) in [5.74, 6) is -0.436. The van der Waals surface area contributed by atoms with Gasteiger partial charge in [0.25, 0.3) is 0 Å². The predicted molar refractivity (Wildman–Crippen MR) is 132 cm³/mol. The molecule has 0 aliphatic rings. The average Bonchev–Trinajstić information content (AvgIpc) is 3.47. The zero-order valence-electron chi connectivity index (χ0n) is 18.4. The van der Waals surface area contributed by atoms with Crippen LogP contribution in [0.4, 0.5) is 9.39 Å². The van der Waals surface area contributed by atoms with Crippen LogP contribution in [0.2, 0.25) is 0 Å². The number of hydrogen-bond donors (Lipinski definition) is 1. The van der Waals surface area contributed by atoms with Crippen LogP contribution < -0.4 is 5.32 Å². The number of aromatic nitrogens is 3. The van der Waals surface area contributed by atoms with Gasteiger partial charge in [-0.25, -0.2) is 9.18 Å². The van der Waals surface area contributed by atoms with E-state index in [9.17, 15) is 14.0 Å². The summed E-state index contributed by atoms with van der Waals surface area (Å²) in [4.78, 5) is 25.2. The molecule has 0 bridgehead atoms. The van der Waals surface area contributed by atoms with Crippen LogP contribution in [0.5, 0.6) is 0 Å². The maximum atomic E-state index is 13.3. The third-order valence-corrected chi connectivity index (χ3v) is 6.85. The van der Waals surface area contributed by atoms with Gasteiger partial charge < -0.3 is 14.6 Å². The second-order valence-corrected chi connectivity index (χ2v) is 8.93. The van der Waals surface area contributed by atoms with Crippen molar-refractivity contribution in [2.45, 2.75) is 18.6 Å². The molecule has 0 fully saturated rings. The Morgan fingerprint density at radius 3 is 2.50 bits per heavy atom. The fraction of sp³-hybridized carbons (Fsp3) is 0.167. The quantitative estimate of drug-likeness (QED) is 0.261. The van der Waals surface area contributed by atoms with E-state index >= 15 is 0 Å². The first kappa shape index (κ1) is 23.7. The van der Waals surface area contributed by atoms with Crippen molar-refractivity contribution in [1.29, 1.82) is 0 Å². The number of esters is 1. The number of carbonyl (C=O) groups excluding carboxylic acids is 2. The second-order valence-electron chi connectivity index (χ2n) is 7.11. The zero-order valence-corrected chi connectivity index (χ0v) is 20.1. The molecule has 0 spiro atoms. The molecule has 4 rings (SSSR count). The summed E-state index contributed by atoms with van der Waals surface area (Å²) in [7, 11) is 1.28. The Morgan fingerprint density at radius 1 is 1.09 bits per heavy atom. The van der Waals surface area contributed by atoms with E-state index in [4.69, 9.17) is 4.74 Å². The fourth-order valence-corrected chi connectivity index (χ4v) is 5.15. The first-order valence-corrected chi connectivity index (χ1v) is 12.2. The molecule has 2 aromatic heterocycles. The number of methoxy groups -OCH3 is 1. The van der Waals surface area contributed by atoms with Crippen molar-refractivity contribution in [3.05, 3.63) is 71.4 Å².